The fraction of sp³-hybridized carbons (Fsp3) is 0.647. The van der Waals surface area contributed by atoms with Gasteiger partial charge >= 0.3 is 0 Å². The third kappa shape index (κ3) is 4.39. The molecule has 1 aliphatic rings. The molecule has 20 heavy (non-hydrogen) atoms. The summed E-state index contributed by atoms with van der Waals surface area (Å²) in [5.74, 6) is 1.62. The summed E-state index contributed by atoms with van der Waals surface area (Å²) < 4.78 is 11.2. The van der Waals surface area contributed by atoms with Crippen LogP contribution in [-0.2, 0) is 4.74 Å². The molecule has 0 spiro atoms. The monoisotopic (exact) mass is 296 g/mol. The highest BCUT2D eigenvalue weighted by atomic mass is 35.5. The van der Waals surface area contributed by atoms with Crippen molar-refractivity contribution in [1.82, 2.24) is 0 Å². The Kier molecular flexibility index (Phi) is 5.74. The summed E-state index contributed by atoms with van der Waals surface area (Å²) in [5, 5.41) is 0.0932. The molecule has 1 saturated carbocycles. The molecule has 0 radical (unpaired) electrons. The van der Waals surface area contributed by atoms with Gasteiger partial charge in [-0.15, -0.1) is 11.6 Å². The van der Waals surface area contributed by atoms with Crippen LogP contribution in [0.15, 0.2) is 24.3 Å². The Bertz CT molecular complexity index is 396. The molecule has 3 heteroatoms. The van der Waals surface area contributed by atoms with Gasteiger partial charge in [-0.2, -0.15) is 0 Å². The SMILES string of the molecule is CCOC1CC(CC(Cl)c2ccc(OC(C)C)cc2)C1. The number of halogens is 1. The predicted molar refractivity (Wildman–Crippen MR) is 83.6 cm³/mol. The molecule has 1 aromatic rings. The Labute approximate surface area is 127 Å². The lowest BCUT2D eigenvalue weighted by Crippen LogP contribution is -2.31. The summed E-state index contributed by atoms with van der Waals surface area (Å²) in [6.07, 6.45) is 4.03. The summed E-state index contributed by atoms with van der Waals surface area (Å²) in [5.41, 5.74) is 1.18. The number of ether oxygens (including phenoxy) is 2. The van der Waals surface area contributed by atoms with Crippen molar-refractivity contribution in [3.05, 3.63) is 29.8 Å². The van der Waals surface area contributed by atoms with Gasteiger partial charge in [0.1, 0.15) is 5.75 Å². The molecule has 0 heterocycles. The van der Waals surface area contributed by atoms with Crippen molar-refractivity contribution in [2.24, 2.45) is 5.92 Å². The second kappa shape index (κ2) is 7.33. The van der Waals surface area contributed by atoms with Gasteiger partial charge in [0, 0.05) is 6.61 Å². The van der Waals surface area contributed by atoms with Gasteiger partial charge in [0.2, 0.25) is 0 Å². The van der Waals surface area contributed by atoms with Crippen molar-refractivity contribution in [1.29, 1.82) is 0 Å². The van der Waals surface area contributed by atoms with Crippen molar-refractivity contribution in [3.63, 3.8) is 0 Å². The standard InChI is InChI=1S/C17H25ClO2/c1-4-19-16-9-13(10-16)11-17(18)14-5-7-15(8-6-14)20-12(2)3/h5-8,12-13,16-17H,4,9-11H2,1-3H3. The summed E-state index contributed by atoms with van der Waals surface area (Å²) >= 11 is 6.51. The van der Waals surface area contributed by atoms with Crippen LogP contribution < -0.4 is 4.74 Å². The van der Waals surface area contributed by atoms with Crippen LogP contribution in [0, 0.1) is 5.92 Å². The summed E-state index contributed by atoms with van der Waals surface area (Å²) in [6.45, 7) is 6.94. The van der Waals surface area contributed by atoms with E-state index in [2.05, 4.69) is 19.1 Å². The molecule has 0 amide bonds. The Morgan fingerprint density at radius 2 is 1.85 bits per heavy atom. The quantitative estimate of drug-likeness (QED) is 0.662. The minimum absolute atomic E-state index is 0.0932. The summed E-state index contributed by atoms with van der Waals surface area (Å²) in [6, 6.07) is 8.17. The van der Waals surface area contributed by atoms with E-state index in [4.69, 9.17) is 21.1 Å². The zero-order valence-corrected chi connectivity index (χ0v) is 13.4. The lowest BCUT2D eigenvalue weighted by atomic mass is 9.78. The van der Waals surface area contributed by atoms with Crippen LogP contribution in [0.2, 0.25) is 0 Å². The zero-order chi connectivity index (χ0) is 14.5. The van der Waals surface area contributed by atoms with E-state index in [1.165, 1.54) is 5.56 Å². The molecule has 1 aliphatic carbocycles. The van der Waals surface area contributed by atoms with E-state index in [9.17, 15) is 0 Å². The normalized spacial score (nSPS) is 23.4. The lowest BCUT2D eigenvalue weighted by molar-refractivity contribution is -0.0267. The van der Waals surface area contributed by atoms with Gasteiger partial charge in [0.25, 0.3) is 0 Å². The average Bonchev–Trinajstić information content (AvgIpc) is 2.36. The minimum atomic E-state index is 0.0932. The van der Waals surface area contributed by atoms with Crippen molar-refractivity contribution >= 4 is 11.6 Å². The van der Waals surface area contributed by atoms with Gasteiger partial charge < -0.3 is 9.47 Å². The van der Waals surface area contributed by atoms with Crippen molar-refractivity contribution < 1.29 is 9.47 Å². The van der Waals surface area contributed by atoms with Crippen LogP contribution in [0.4, 0.5) is 0 Å². The summed E-state index contributed by atoms with van der Waals surface area (Å²) in [4.78, 5) is 0. The smallest absolute Gasteiger partial charge is 0.119 e. The predicted octanol–water partition coefficient (Wildman–Crippen LogP) is 4.96. The first kappa shape index (κ1) is 15.7. The highest BCUT2D eigenvalue weighted by molar-refractivity contribution is 6.20. The average molecular weight is 297 g/mol. The Balaban J connectivity index is 1.79. The molecule has 1 unspecified atom stereocenters. The first-order valence-electron chi connectivity index (χ1n) is 7.60. The van der Waals surface area contributed by atoms with Gasteiger partial charge in [-0.1, -0.05) is 12.1 Å². The van der Waals surface area contributed by atoms with E-state index in [1.807, 2.05) is 26.0 Å². The van der Waals surface area contributed by atoms with Crippen molar-refractivity contribution in [2.45, 2.75) is 57.6 Å². The second-order valence-corrected chi connectivity index (χ2v) is 6.38. The van der Waals surface area contributed by atoms with Crippen LogP contribution in [0.5, 0.6) is 5.75 Å². The maximum Gasteiger partial charge on any atom is 0.119 e. The van der Waals surface area contributed by atoms with Gasteiger partial charge in [0.15, 0.2) is 0 Å². The summed E-state index contributed by atoms with van der Waals surface area (Å²) in [7, 11) is 0. The van der Waals surface area contributed by atoms with E-state index in [0.29, 0.717) is 12.0 Å². The molecule has 0 aromatic heterocycles. The topological polar surface area (TPSA) is 18.5 Å². The molecule has 2 nitrogen and oxygen atoms in total. The van der Waals surface area contributed by atoms with Gasteiger partial charge in [-0.05, 0) is 63.6 Å². The zero-order valence-electron chi connectivity index (χ0n) is 12.6. The molecule has 0 N–H and O–H groups in total. The lowest BCUT2D eigenvalue weighted by Gasteiger charge is -2.36. The van der Waals surface area contributed by atoms with Crippen molar-refractivity contribution in [3.8, 4) is 5.75 Å². The third-order valence-electron chi connectivity index (χ3n) is 3.75. The molecular formula is C17H25ClO2. The molecule has 0 aliphatic heterocycles. The van der Waals surface area contributed by atoms with Crippen LogP contribution in [0.25, 0.3) is 0 Å². The van der Waals surface area contributed by atoms with Crippen LogP contribution >= 0.6 is 11.6 Å². The highest BCUT2D eigenvalue weighted by Crippen LogP contribution is 2.39. The highest BCUT2D eigenvalue weighted by Gasteiger charge is 2.31. The van der Waals surface area contributed by atoms with E-state index < -0.39 is 0 Å². The number of hydrogen-bond acceptors (Lipinski definition) is 2. The molecule has 2 rings (SSSR count). The molecule has 1 aromatic carbocycles. The van der Waals surface area contributed by atoms with E-state index in [0.717, 1.165) is 31.6 Å². The van der Waals surface area contributed by atoms with Gasteiger partial charge in [-0.3, -0.25) is 0 Å². The molecular weight excluding hydrogens is 272 g/mol. The second-order valence-electron chi connectivity index (χ2n) is 5.85. The fourth-order valence-electron chi connectivity index (χ4n) is 2.69. The van der Waals surface area contributed by atoms with Crippen LogP contribution in [-0.4, -0.2) is 18.8 Å². The van der Waals surface area contributed by atoms with Crippen LogP contribution in [0.3, 0.4) is 0 Å². The molecule has 1 atom stereocenters. The molecule has 112 valence electrons. The van der Waals surface area contributed by atoms with Crippen molar-refractivity contribution in [2.75, 3.05) is 6.61 Å². The Morgan fingerprint density at radius 1 is 1.20 bits per heavy atom. The van der Waals surface area contributed by atoms with Crippen LogP contribution in [0.1, 0.15) is 51.0 Å². The first-order chi connectivity index (χ1) is 9.58. The minimum Gasteiger partial charge on any atom is -0.491 e. The van der Waals surface area contributed by atoms with Gasteiger partial charge in [0.05, 0.1) is 17.6 Å². The number of hydrogen-bond donors (Lipinski definition) is 0. The van der Waals surface area contributed by atoms with E-state index >= 15 is 0 Å². The molecule has 1 fully saturated rings. The number of alkyl halides is 1. The Hall–Kier alpha value is -0.730. The van der Waals surface area contributed by atoms with E-state index in [-0.39, 0.29) is 11.5 Å². The number of rotatable bonds is 7. The molecule has 0 bridgehead atoms. The van der Waals surface area contributed by atoms with Gasteiger partial charge in [-0.25, -0.2) is 0 Å². The fourth-order valence-corrected chi connectivity index (χ4v) is 3.09. The molecule has 0 saturated heterocycles. The van der Waals surface area contributed by atoms with E-state index in [1.54, 1.807) is 0 Å². The first-order valence-corrected chi connectivity index (χ1v) is 8.04. The largest absolute Gasteiger partial charge is 0.491 e. The number of benzene rings is 1. The Morgan fingerprint density at radius 3 is 2.40 bits per heavy atom. The maximum absolute atomic E-state index is 6.51. The maximum atomic E-state index is 6.51. The third-order valence-corrected chi connectivity index (χ3v) is 4.18.